The fourth-order valence-corrected chi connectivity index (χ4v) is 1.62. The van der Waals surface area contributed by atoms with Gasteiger partial charge in [-0.25, -0.2) is 0 Å². The van der Waals surface area contributed by atoms with Crippen molar-refractivity contribution in [3.8, 4) is 0 Å². The lowest BCUT2D eigenvalue weighted by molar-refractivity contribution is -0.118. The SMILES string of the molecule is CC(C)CCC(C)Nc1cnn(CC(N)=O)c1. The van der Waals surface area contributed by atoms with E-state index in [9.17, 15) is 4.79 Å². The van der Waals surface area contributed by atoms with Crippen molar-refractivity contribution in [1.82, 2.24) is 9.78 Å². The normalized spacial score (nSPS) is 12.7. The molecular formula is C12H22N4O. The molecule has 3 N–H and O–H groups in total. The number of primary amides is 1. The Morgan fingerprint density at radius 2 is 2.18 bits per heavy atom. The summed E-state index contributed by atoms with van der Waals surface area (Å²) < 4.78 is 1.54. The van der Waals surface area contributed by atoms with E-state index >= 15 is 0 Å². The molecule has 5 heteroatoms. The lowest BCUT2D eigenvalue weighted by Crippen LogP contribution is -2.19. The number of nitrogens with two attached hydrogens (primary N) is 1. The molecule has 0 aliphatic carbocycles. The molecule has 17 heavy (non-hydrogen) atoms. The van der Waals surface area contributed by atoms with Gasteiger partial charge in [-0.3, -0.25) is 9.48 Å². The average molecular weight is 238 g/mol. The smallest absolute Gasteiger partial charge is 0.239 e. The van der Waals surface area contributed by atoms with Crippen molar-refractivity contribution >= 4 is 11.6 Å². The van der Waals surface area contributed by atoms with E-state index in [1.54, 1.807) is 17.1 Å². The number of hydrogen-bond acceptors (Lipinski definition) is 3. The molecule has 1 rings (SSSR count). The summed E-state index contributed by atoms with van der Waals surface area (Å²) in [7, 11) is 0. The fourth-order valence-electron chi connectivity index (χ4n) is 1.62. The van der Waals surface area contributed by atoms with Crippen molar-refractivity contribution in [3.63, 3.8) is 0 Å². The van der Waals surface area contributed by atoms with Crippen molar-refractivity contribution in [2.75, 3.05) is 5.32 Å². The summed E-state index contributed by atoms with van der Waals surface area (Å²) in [5.74, 6) is 0.337. The van der Waals surface area contributed by atoms with E-state index in [2.05, 4.69) is 31.2 Å². The van der Waals surface area contributed by atoms with Crippen LogP contribution in [0.4, 0.5) is 5.69 Å². The average Bonchev–Trinajstić information content (AvgIpc) is 2.61. The second kappa shape index (κ2) is 6.27. The molecule has 0 saturated heterocycles. The third-order valence-corrected chi connectivity index (χ3v) is 2.54. The lowest BCUT2D eigenvalue weighted by atomic mass is 10.0. The Hall–Kier alpha value is -1.52. The molecule has 1 aromatic heterocycles. The topological polar surface area (TPSA) is 72.9 Å². The number of carbonyl (C=O) groups excluding carboxylic acids is 1. The first-order valence-corrected chi connectivity index (χ1v) is 6.04. The molecule has 1 amide bonds. The number of anilines is 1. The molecule has 0 fully saturated rings. The van der Waals surface area contributed by atoms with Crippen LogP contribution in [0.5, 0.6) is 0 Å². The van der Waals surface area contributed by atoms with E-state index in [1.807, 2.05) is 0 Å². The summed E-state index contributed by atoms with van der Waals surface area (Å²) in [6.45, 7) is 6.71. The Bertz CT molecular complexity index is 359. The predicted octanol–water partition coefficient (Wildman–Crippen LogP) is 1.60. The molecular weight excluding hydrogens is 216 g/mol. The summed E-state index contributed by atoms with van der Waals surface area (Å²) in [6.07, 6.45) is 5.84. The minimum absolute atomic E-state index is 0.127. The molecule has 0 bridgehead atoms. The van der Waals surface area contributed by atoms with Gasteiger partial charge in [-0.15, -0.1) is 0 Å². The maximum atomic E-state index is 10.7. The number of rotatable bonds is 7. The predicted molar refractivity (Wildman–Crippen MR) is 68.6 cm³/mol. The van der Waals surface area contributed by atoms with Crippen molar-refractivity contribution < 1.29 is 4.79 Å². The van der Waals surface area contributed by atoms with Gasteiger partial charge in [0.25, 0.3) is 0 Å². The van der Waals surface area contributed by atoms with E-state index < -0.39 is 0 Å². The Kier molecular flexibility index (Phi) is 5.00. The zero-order valence-electron chi connectivity index (χ0n) is 10.8. The van der Waals surface area contributed by atoms with E-state index in [0.29, 0.717) is 6.04 Å². The van der Waals surface area contributed by atoms with Crippen LogP contribution in [-0.2, 0) is 11.3 Å². The summed E-state index contributed by atoms with van der Waals surface area (Å²) in [6, 6.07) is 0.406. The molecule has 0 aliphatic heterocycles. The fraction of sp³-hybridized carbons (Fsp3) is 0.667. The Morgan fingerprint density at radius 1 is 1.47 bits per heavy atom. The summed E-state index contributed by atoms with van der Waals surface area (Å²) in [4.78, 5) is 10.7. The van der Waals surface area contributed by atoms with Gasteiger partial charge in [0.15, 0.2) is 0 Å². The van der Waals surface area contributed by atoms with Gasteiger partial charge < -0.3 is 11.1 Å². The molecule has 0 radical (unpaired) electrons. The van der Waals surface area contributed by atoms with Crippen LogP contribution in [0.25, 0.3) is 0 Å². The number of nitrogens with zero attached hydrogens (tertiary/aromatic N) is 2. The number of amides is 1. The van der Waals surface area contributed by atoms with Crippen molar-refractivity contribution in [3.05, 3.63) is 12.4 Å². The van der Waals surface area contributed by atoms with Crippen molar-refractivity contribution in [2.24, 2.45) is 11.7 Å². The van der Waals surface area contributed by atoms with E-state index in [4.69, 9.17) is 5.73 Å². The van der Waals surface area contributed by atoms with Gasteiger partial charge in [0.05, 0.1) is 11.9 Å². The molecule has 1 atom stereocenters. The Labute approximate surface area is 102 Å². The largest absolute Gasteiger partial charge is 0.380 e. The van der Waals surface area contributed by atoms with Crippen LogP contribution < -0.4 is 11.1 Å². The minimum Gasteiger partial charge on any atom is -0.380 e. The van der Waals surface area contributed by atoms with Crippen LogP contribution >= 0.6 is 0 Å². The lowest BCUT2D eigenvalue weighted by Gasteiger charge is -2.14. The van der Waals surface area contributed by atoms with Crippen LogP contribution in [0.15, 0.2) is 12.4 Å². The summed E-state index contributed by atoms with van der Waals surface area (Å²) in [5, 5.41) is 7.41. The maximum absolute atomic E-state index is 10.7. The first-order chi connectivity index (χ1) is 7.97. The van der Waals surface area contributed by atoms with Gasteiger partial charge >= 0.3 is 0 Å². The molecule has 1 heterocycles. The zero-order chi connectivity index (χ0) is 12.8. The second-order valence-electron chi connectivity index (χ2n) is 4.91. The van der Waals surface area contributed by atoms with Crippen molar-refractivity contribution in [2.45, 2.75) is 46.2 Å². The maximum Gasteiger partial charge on any atom is 0.239 e. The van der Waals surface area contributed by atoms with E-state index in [1.165, 1.54) is 6.42 Å². The van der Waals surface area contributed by atoms with Crippen LogP contribution in [0, 0.1) is 5.92 Å². The standard InChI is InChI=1S/C12H22N4O/c1-9(2)4-5-10(3)15-11-6-14-16(7-11)8-12(13)17/h6-7,9-10,15H,4-5,8H2,1-3H3,(H2,13,17). The molecule has 1 aromatic rings. The van der Waals surface area contributed by atoms with Gasteiger partial charge in [0.1, 0.15) is 6.54 Å². The highest BCUT2D eigenvalue weighted by atomic mass is 16.1. The van der Waals surface area contributed by atoms with Crippen LogP contribution in [0.1, 0.15) is 33.6 Å². The molecule has 0 saturated carbocycles. The first kappa shape index (κ1) is 13.5. The quantitative estimate of drug-likeness (QED) is 0.758. The number of aromatic nitrogens is 2. The first-order valence-electron chi connectivity index (χ1n) is 6.04. The monoisotopic (exact) mass is 238 g/mol. The number of hydrogen-bond donors (Lipinski definition) is 2. The van der Waals surface area contributed by atoms with Gasteiger partial charge in [-0.2, -0.15) is 5.10 Å². The summed E-state index contributed by atoms with van der Waals surface area (Å²) in [5.41, 5.74) is 6.03. The third kappa shape index (κ3) is 5.38. The van der Waals surface area contributed by atoms with Gasteiger partial charge in [-0.1, -0.05) is 13.8 Å². The van der Waals surface area contributed by atoms with Gasteiger partial charge in [-0.05, 0) is 25.7 Å². The highest BCUT2D eigenvalue weighted by Gasteiger charge is 2.06. The van der Waals surface area contributed by atoms with Crippen LogP contribution in [-0.4, -0.2) is 21.7 Å². The highest BCUT2D eigenvalue weighted by molar-refractivity contribution is 5.73. The van der Waals surface area contributed by atoms with E-state index in [-0.39, 0.29) is 12.5 Å². The molecule has 0 spiro atoms. The summed E-state index contributed by atoms with van der Waals surface area (Å²) >= 11 is 0. The zero-order valence-corrected chi connectivity index (χ0v) is 10.8. The van der Waals surface area contributed by atoms with Gasteiger partial charge in [0, 0.05) is 12.2 Å². The molecule has 96 valence electrons. The highest BCUT2D eigenvalue weighted by Crippen LogP contribution is 2.12. The molecule has 1 unspecified atom stereocenters. The van der Waals surface area contributed by atoms with E-state index in [0.717, 1.165) is 18.0 Å². The van der Waals surface area contributed by atoms with Crippen LogP contribution in [0.3, 0.4) is 0 Å². The second-order valence-corrected chi connectivity index (χ2v) is 4.91. The molecule has 0 aromatic carbocycles. The molecule has 5 nitrogen and oxygen atoms in total. The van der Waals surface area contributed by atoms with Crippen LogP contribution in [0.2, 0.25) is 0 Å². The van der Waals surface area contributed by atoms with Gasteiger partial charge in [0.2, 0.25) is 5.91 Å². The molecule has 0 aliphatic rings. The van der Waals surface area contributed by atoms with Crippen molar-refractivity contribution in [1.29, 1.82) is 0 Å². The number of carbonyl (C=O) groups is 1. The minimum atomic E-state index is -0.382. The Balaban J connectivity index is 2.40. The third-order valence-electron chi connectivity index (χ3n) is 2.54. The Morgan fingerprint density at radius 3 is 2.76 bits per heavy atom. The number of nitrogens with one attached hydrogen (secondary N) is 1.